The predicted octanol–water partition coefficient (Wildman–Crippen LogP) is 4.66. The van der Waals surface area contributed by atoms with Gasteiger partial charge >= 0.3 is 0 Å². The maximum absolute atomic E-state index is 10.9. The van der Waals surface area contributed by atoms with Crippen molar-refractivity contribution in [2.75, 3.05) is 5.73 Å². The van der Waals surface area contributed by atoms with Gasteiger partial charge in [-0.15, -0.1) is 12.6 Å². The highest BCUT2D eigenvalue weighted by Crippen LogP contribution is 2.44. The van der Waals surface area contributed by atoms with E-state index in [0.29, 0.717) is 11.1 Å². The molecule has 0 fully saturated rings. The van der Waals surface area contributed by atoms with E-state index in [1.165, 1.54) is 0 Å². The number of benzene rings is 1. The summed E-state index contributed by atoms with van der Waals surface area (Å²) in [5, 5.41) is 30.4. The van der Waals surface area contributed by atoms with Gasteiger partial charge in [-0.1, -0.05) is 41.5 Å². The summed E-state index contributed by atoms with van der Waals surface area (Å²) in [4.78, 5) is 4.01. The molecule has 0 atom stereocenters. The van der Waals surface area contributed by atoms with Crippen LogP contribution in [0.15, 0.2) is 17.2 Å². The van der Waals surface area contributed by atoms with Gasteiger partial charge in [-0.2, -0.15) is 10.5 Å². The van der Waals surface area contributed by atoms with E-state index in [1.807, 2.05) is 53.7 Å². The number of anilines is 1. The summed E-state index contributed by atoms with van der Waals surface area (Å²) in [6.07, 6.45) is 0. The Balaban J connectivity index is 3.06. The fourth-order valence-corrected chi connectivity index (χ4v) is 3.29. The van der Waals surface area contributed by atoms with Gasteiger partial charge in [0.05, 0.1) is 5.56 Å². The number of nitrogen functional groups attached to an aromatic ring is 1. The molecule has 0 aliphatic carbocycles. The van der Waals surface area contributed by atoms with Gasteiger partial charge in [-0.25, -0.2) is 4.98 Å². The third-order valence-corrected chi connectivity index (χ3v) is 4.77. The third-order valence-electron chi connectivity index (χ3n) is 4.44. The Morgan fingerprint density at radius 1 is 0.963 bits per heavy atom. The molecule has 0 aliphatic heterocycles. The Labute approximate surface area is 165 Å². The number of rotatable bonds is 1. The highest BCUT2D eigenvalue weighted by molar-refractivity contribution is 7.80. The Hall–Kier alpha value is -2.70. The van der Waals surface area contributed by atoms with Crippen LogP contribution in [-0.2, 0) is 10.8 Å². The monoisotopic (exact) mass is 380 g/mol. The summed E-state index contributed by atoms with van der Waals surface area (Å²) in [5.41, 5.74) is 8.06. The second-order valence-corrected chi connectivity index (χ2v) is 9.01. The van der Waals surface area contributed by atoms with Crippen LogP contribution in [-0.4, -0.2) is 10.1 Å². The van der Waals surface area contributed by atoms with Crippen molar-refractivity contribution in [1.29, 1.82) is 10.5 Å². The zero-order valence-corrected chi connectivity index (χ0v) is 17.4. The van der Waals surface area contributed by atoms with Gasteiger partial charge in [0, 0.05) is 16.7 Å². The minimum Gasteiger partial charge on any atom is -0.507 e. The molecule has 0 saturated heterocycles. The molecule has 0 amide bonds. The molecule has 2 rings (SSSR count). The molecule has 2 aromatic rings. The lowest BCUT2D eigenvalue weighted by molar-refractivity contribution is 0.423. The number of phenolic OH excluding ortho intramolecular Hbond substituents is 1. The van der Waals surface area contributed by atoms with E-state index in [0.717, 1.165) is 11.1 Å². The second kappa shape index (κ2) is 6.79. The molecule has 5 nitrogen and oxygen atoms in total. The van der Waals surface area contributed by atoms with E-state index in [1.54, 1.807) is 0 Å². The summed E-state index contributed by atoms with van der Waals surface area (Å²) < 4.78 is 0. The molecule has 140 valence electrons. The van der Waals surface area contributed by atoms with Crippen molar-refractivity contribution in [1.82, 2.24) is 4.98 Å². The van der Waals surface area contributed by atoms with Crippen molar-refractivity contribution in [3.05, 3.63) is 34.4 Å². The minimum absolute atomic E-state index is 0.0270. The van der Waals surface area contributed by atoms with Crippen LogP contribution in [0.2, 0.25) is 0 Å². The van der Waals surface area contributed by atoms with Crippen LogP contribution >= 0.6 is 12.6 Å². The highest BCUT2D eigenvalue weighted by atomic mass is 32.1. The number of hydrogen-bond acceptors (Lipinski definition) is 6. The maximum Gasteiger partial charge on any atom is 0.143 e. The normalized spacial score (nSPS) is 11.7. The van der Waals surface area contributed by atoms with Crippen LogP contribution in [0.25, 0.3) is 11.1 Å². The number of aromatic hydroxyl groups is 1. The summed E-state index contributed by atoms with van der Waals surface area (Å²) in [7, 11) is 0. The lowest BCUT2D eigenvalue weighted by Crippen LogP contribution is -2.17. The topological polar surface area (TPSA) is 107 Å². The van der Waals surface area contributed by atoms with E-state index in [9.17, 15) is 15.6 Å². The summed E-state index contributed by atoms with van der Waals surface area (Å²) in [6, 6.07) is 7.77. The molecule has 1 aromatic carbocycles. The van der Waals surface area contributed by atoms with Crippen molar-refractivity contribution in [2.24, 2.45) is 0 Å². The molecule has 0 bridgehead atoms. The fourth-order valence-electron chi connectivity index (χ4n) is 3.02. The SMILES string of the molecule is CC(C)(C)c1cc(-c2c(C#N)c(N)nc(S)c2C#N)cc(C(C)(C)C)c1O. The lowest BCUT2D eigenvalue weighted by atomic mass is 9.77. The molecule has 27 heavy (non-hydrogen) atoms. The Kier molecular flexibility index (Phi) is 5.19. The van der Waals surface area contributed by atoms with E-state index in [-0.39, 0.29) is 38.6 Å². The molecule has 0 radical (unpaired) electrons. The first-order valence-electron chi connectivity index (χ1n) is 8.54. The van der Waals surface area contributed by atoms with Crippen LogP contribution < -0.4 is 5.73 Å². The van der Waals surface area contributed by atoms with Gasteiger partial charge in [0.25, 0.3) is 0 Å². The Morgan fingerprint density at radius 2 is 1.41 bits per heavy atom. The number of thiol groups is 1. The number of phenols is 1. The fraction of sp³-hybridized carbons (Fsp3) is 0.381. The lowest BCUT2D eigenvalue weighted by Gasteiger charge is -2.28. The third kappa shape index (κ3) is 3.72. The van der Waals surface area contributed by atoms with Crippen LogP contribution in [0.5, 0.6) is 5.75 Å². The van der Waals surface area contributed by atoms with Crippen molar-refractivity contribution in [3.8, 4) is 29.0 Å². The molecule has 1 heterocycles. The van der Waals surface area contributed by atoms with E-state index in [4.69, 9.17) is 5.73 Å². The van der Waals surface area contributed by atoms with E-state index < -0.39 is 0 Å². The molecule has 1 aromatic heterocycles. The number of aromatic nitrogens is 1. The summed E-state index contributed by atoms with van der Waals surface area (Å²) in [6.45, 7) is 12.0. The zero-order valence-electron chi connectivity index (χ0n) is 16.5. The second-order valence-electron chi connectivity index (χ2n) is 8.59. The first kappa shape index (κ1) is 20.6. The van der Waals surface area contributed by atoms with Crippen molar-refractivity contribution >= 4 is 18.4 Å². The van der Waals surface area contributed by atoms with Crippen molar-refractivity contribution in [3.63, 3.8) is 0 Å². The highest BCUT2D eigenvalue weighted by Gasteiger charge is 2.28. The minimum atomic E-state index is -0.345. The largest absolute Gasteiger partial charge is 0.507 e. The van der Waals surface area contributed by atoms with Gasteiger partial charge in [-0.3, -0.25) is 0 Å². The van der Waals surface area contributed by atoms with Crippen molar-refractivity contribution < 1.29 is 5.11 Å². The average Bonchev–Trinajstić information content (AvgIpc) is 2.52. The molecule has 3 N–H and O–H groups in total. The van der Waals surface area contributed by atoms with Crippen LogP contribution in [0, 0.1) is 22.7 Å². The van der Waals surface area contributed by atoms with Crippen LogP contribution in [0.3, 0.4) is 0 Å². The van der Waals surface area contributed by atoms with Gasteiger partial charge in [0.15, 0.2) is 0 Å². The molecule has 6 heteroatoms. The number of nitrogens with zero attached hydrogens (tertiary/aromatic N) is 3. The number of nitrogens with two attached hydrogens (primary N) is 1. The van der Waals surface area contributed by atoms with Crippen LogP contribution in [0.4, 0.5) is 5.82 Å². The summed E-state index contributed by atoms with van der Waals surface area (Å²) in [5.74, 6) is 0.253. The molecule has 0 unspecified atom stereocenters. The molecule has 0 aliphatic rings. The number of pyridine rings is 1. The molecular weight excluding hydrogens is 356 g/mol. The number of hydrogen-bond donors (Lipinski definition) is 3. The van der Waals surface area contributed by atoms with E-state index in [2.05, 4.69) is 29.8 Å². The summed E-state index contributed by atoms with van der Waals surface area (Å²) >= 11 is 4.27. The molecule has 0 saturated carbocycles. The molecule has 0 spiro atoms. The molecular formula is C21H24N4OS. The van der Waals surface area contributed by atoms with Gasteiger partial charge in [0.2, 0.25) is 0 Å². The zero-order chi connectivity index (χ0) is 20.7. The van der Waals surface area contributed by atoms with Gasteiger partial charge in [-0.05, 0) is 28.5 Å². The van der Waals surface area contributed by atoms with Gasteiger partial charge in [0.1, 0.15) is 34.3 Å². The Bertz CT molecular complexity index is 926. The Morgan fingerprint density at radius 3 is 1.78 bits per heavy atom. The smallest absolute Gasteiger partial charge is 0.143 e. The van der Waals surface area contributed by atoms with Crippen molar-refractivity contribution in [2.45, 2.75) is 57.4 Å². The maximum atomic E-state index is 10.9. The number of nitriles is 2. The van der Waals surface area contributed by atoms with E-state index >= 15 is 0 Å². The van der Waals surface area contributed by atoms with Gasteiger partial charge < -0.3 is 10.8 Å². The predicted molar refractivity (Wildman–Crippen MR) is 110 cm³/mol. The first-order chi connectivity index (χ1) is 12.3. The quantitative estimate of drug-likeness (QED) is 0.624. The average molecular weight is 381 g/mol. The standard InChI is InChI=1S/C21H24N4OS/c1-20(2,3)14-7-11(8-15(17(14)26)21(4,5)6)16-12(9-22)18(24)25-19(27)13(16)10-23/h7-8,26H,1-6H3,(H3,24,25,27). The first-order valence-corrected chi connectivity index (χ1v) is 8.98. The van der Waals surface area contributed by atoms with Crippen LogP contribution in [0.1, 0.15) is 63.8 Å².